The minimum Gasteiger partial charge on any atom is -0.492 e. The van der Waals surface area contributed by atoms with E-state index < -0.39 is 5.97 Å². The largest absolute Gasteiger partial charge is 0.492 e. The van der Waals surface area contributed by atoms with E-state index >= 15 is 0 Å². The molecule has 104 valence electrons. The second-order valence-corrected chi connectivity index (χ2v) is 3.85. The van der Waals surface area contributed by atoms with Crippen molar-refractivity contribution in [3.63, 3.8) is 0 Å². The third-order valence-corrected chi connectivity index (χ3v) is 2.44. The topological polar surface area (TPSA) is 73.3 Å². The molecule has 6 nitrogen and oxygen atoms in total. The first-order valence-electron chi connectivity index (χ1n) is 6.12. The first kappa shape index (κ1) is 13.8. The average Bonchev–Trinajstić information content (AvgIpc) is 2.52. The number of esters is 1. The minimum atomic E-state index is -0.561. The van der Waals surface area contributed by atoms with Crippen molar-refractivity contribution in [1.29, 1.82) is 0 Å². The van der Waals surface area contributed by atoms with E-state index in [0.29, 0.717) is 19.0 Å². The predicted octanol–water partition coefficient (Wildman–Crippen LogP) is 1.75. The van der Waals surface area contributed by atoms with E-state index in [2.05, 4.69) is 20.0 Å². The molecule has 0 fully saturated rings. The van der Waals surface area contributed by atoms with Crippen LogP contribution in [-0.2, 0) is 4.74 Å². The van der Waals surface area contributed by atoms with E-state index in [1.165, 1.54) is 13.3 Å². The molecule has 1 N–H and O–H groups in total. The Hall–Kier alpha value is -2.63. The van der Waals surface area contributed by atoms with Crippen molar-refractivity contribution in [2.24, 2.45) is 0 Å². The minimum absolute atomic E-state index is 0.0291. The first-order chi connectivity index (χ1) is 9.79. The zero-order valence-electron chi connectivity index (χ0n) is 11.1. The van der Waals surface area contributed by atoms with E-state index in [1.807, 2.05) is 30.3 Å². The molecule has 0 saturated carbocycles. The number of nitrogens with one attached hydrogen (secondary N) is 1. The Labute approximate surface area is 116 Å². The predicted molar refractivity (Wildman–Crippen MR) is 73.8 cm³/mol. The highest BCUT2D eigenvalue weighted by Gasteiger charge is 2.08. The summed E-state index contributed by atoms with van der Waals surface area (Å²) in [4.78, 5) is 19.1. The third kappa shape index (κ3) is 3.94. The van der Waals surface area contributed by atoms with Gasteiger partial charge in [-0.15, -0.1) is 0 Å². The molecule has 0 amide bonds. The summed E-state index contributed by atoms with van der Waals surface area (Å²) in [6, 6.07) is 11.2. The van der Waals surface area contributed by atoms with E-state index in [1.54, 1.807) is 6.07 Å². The maximum absolute atomic E-state index is 11.3. The highest BCUT2D eigenvalue weighted by Crippen LogP contribution is 2.08. The molecule has 0 saturated heterocycles. The molecule has 0 atom stereocenters. The number of hydrogen-bond donors (Lipinski definition) is 1. The second kappa shape index (κ2) is 7.08. The number of aromatic nitrogens is 2. The van der Waals surface area contributed by atoms with E-state index in [4.69, 9.17) is 4.74 Å². The van der Waals surface area contributed by atoms with Gasteiger partial charge in [0.25, 0.3) is 0 Å². The van der Waals surface area contributed by atoms with Crippen LogP contribution in [-0.4, -0.2) is 36.2 Å². The van der Waals surface area contributed by atoms with Gasteiger partial charge in [0.05, 0.1) is 13.7 Å². The summed E-state index contributed by atoms with van der Waals surface area (Å²) in [6.45, 7) is 1.05. The van der Waals surface area contributed by atoms with Gasteiger partial charge in [-0.05, 0) is 18.2 Å². The zero-order valence-corrected chi connectivity index (χ0v) is 11.1. The smallest absolute Gasteiger partial charge is 0.376 e. The number of anilines is 1. The van der Waals surface area contributed by atoms with Crippen LogP contribution in [0.3, 0.4) is 0 Å². The molecule has 0 bridgehead atoms. The van der Waals surface area contributed by atoms with Crippen LogP contribution < -0.4 is 10.1 Å². The van der Waals surface area contributed by atoms with Crippen molar-refractivity contribution in [2.45, 2.75) is 0 Å². The molecule has 0 radical (unpaired) electrons. The lowest BCUT2D eigenvalue weighted by Crippen LogP contribution is -2.14. The normalized spacial score (nSPS) is 9.85. The molecule has 6 heteroatoms. The van der Waals surface area contributed by atoms with E-state index in [-0.39, 0.29) is 5.82 Å². The van der Waals surface area contributed by atoms with Gasteiger partial charge < -0.3 is 14.8 Å². The fourth-order valence-corrected chi connectivity index (χ4v) is 1.51. The molecule has 0 unspecified atom stereocenters. The Morgan fingerprint density at radius 1 is 1.25 bits per heavy atom. The van der Waals surface area contributed by atoms with Crippen molar-refractivity contribution in [1.82, 2.24) is 9.97 Å². The van der Waals surface area contributed by atoms with Crippen LogP contribution in [0.25, 0.3) is 0 Å². The summed E-state index contributed by atoms with van der Waals surface area (Å²) in [5.74, 6) is 0.833. The molecule has 1 heterocycles. The standard InChI is InChI=1S/C14H15N3O3/c1-19-14(18)13-16-8-7-12(17-13)15-9-10-20-11-5-3-2-4-6-11/h2-8H,9-10H2,1H3,(H,15,16,17). The average molecular weight is 273 g/mol. The monoisotopic (exact) mass is 273 g/mol. The van der Waals surface area contributed by atoms with Crippen LogP contribution in [0.2, 0.25) is 0 Å². The molecular weight excluding hydrogens is 258 g/mol. The van der Waals surface area contributed by atoms with Gasteiger partial charge >= 0.3 is 5.97 Å². The summed E-state index contributed by atoms with van der Waals surface area (Å²) in [5, 5.41) is 3.05. The fraction of sp³-hybridized carbons (Fsp3) is 0.214. The summed E-state index contributed by atoms with van der Waals surface area (Å²) in [5.41, 5.74) is 0. The summed E-state index contributed by atoms with van der Waals surface area (Å²) in [6.07, 6.45) is 1.50. The molecule has 0 aliphatic heterocycles. The number of benzene rings is 1. The molecule has 1 aromatic carbocycles. The quantitative estimate of drug-likeness (QED) is 0.638. The van der Waals surface area contributed by atoms with Gasteiger partial charge in [-0.3, -0.25) is 0 Å². The van der Waals surface area contributed by atoms with E-state index in [0.717, 1.165) is 5.75 Å². The lowest BCUT2D eigenvalue weighted by Gasteiger charge is -2.08. The maximum Gasteiger partial charge on any atom is 0.376 e. The van der Waals surface area contributed by atoms with Gasteiger partial charge in [-0.2, -0.15) is 0 Å². The number of methoxy groups -OCH3 is 1. The maximum atomic E-state index is 11.3. The van der Waals surface area contributed by atoms with Crippen LogP contribution >= 0.6 is 0 Å². The molecular formula is C14H15N3O3. The van der Waals surface area contributed by atoms with Crippen molar-refractivity contribution in [2.75, 3.05) is 25.6 Å². The molecule has 0 spiro atoms. The zero-order chi connectivity index (χ0) is 14.2. The Bertz CT molecular complexity index is 561. The number of ether oxygens (including phenoxy) is 2. The summed E-state index contributed by atoms with van der Waals surface area (Å²) < 4.78 is 10.1. The number of para-hydroxylation sites is 1. The Balaban J connectivity index is 1.81. The van der Waals surface area contributed by atoms with Crippen molar-refractivity contribution < 1.29 is 14.3 Å². The van der Waals surface area contributed by atoms with Gasteiger partial charge in [0.2, 0.25) is 5.82 Å². The Kier molecular flexibility index (Phi) is 4.88. The second-order valence-electron chi connectivity index (χ2n) is 3.85. The van der Waals surface area contributed by atoms with Crippen LogP contribution in [0.5, 0.6) is 5.75 Å². The van der Waals surface area contributed by atoms with Gasteiger partial charge in [0, 0.05) is 6.20 Å². The third-order valence-electron chi connectivity index (χ3n) is 2.44. The number of carbonyl (C=O) groups excluding carboxylic acids is 1. The summed E-state index contributed by atoms with van der Waals surface area (Å²) >= 11 is 0. The Morgan fingerprint density at radius 2 is 2.05 bits per heavy atom. The van der Waals surface area contributed by atoms with Crippen molar-refractivity contribution >= 4 is 11.8 Å². The number of hydrogen-bond acceptors (Lipinski definition) is 6. The SMILES string of the molecule is COC(=O)c1nccc(NCCOc2ccccc2)n1. The fourth-order valence-electron chi connectivity index (χ4n) is 1.51. The van der Waals surface area contributed by atoms with Crippen LogP contribution in [0.15, 0.2) is 42.6 Å². The van der Waals surface area contributed by atoms with Gasteiger partial charge in [-0.1, -0.05) is 18.2 Å². The molecule has 0 aliphatic carbocycles. The Morgan fingerprint density at radius 3 is 2.80 bits per heavy atom. The van der Waals surface area contributed by atoms with Crippen molar-refractivity contribution in [3.8, 4) is 5.75 Å². The molecule has 2 rings (SSSR count). The van der Waals surface area contributed by atoms with Crippen LogP contribution in [0, 0.1) is 0 Å². The molecule has 0 aliphatic rings. The molecule has 2 aromatic rings. The van der Waals surface area contributed by atoms with Gasteiger partial charge in [-0.25, -0.2) is 14.8 Å². The number of nitrogens with zero attached hydrogens (tertiary/aromatic N) is 2. The highest BCUT2D eigenvalue weighted by molar-refractivity contribution is 5.85. The lowest BCUT2D eigenvalue weighted by molar-refractivity contribution is 0.0587. The van der Waals surface area contributed by atoms with Crippen molar-refractivity contribution in [3.05, 3.63) is 48.4 Å². The number of carbonyl (C=O) groups is 1. The molecule has 1 aromatic heterocycles. The van der Waals surface area contributed by atoms with E-state index in [9.17, 15) is 4.79 Å². The van der Waals surface area contributed by atoms with Gasteiger partial charge in [0.15, 0.2) is 0 Å². The first-order valence-corrected chi connectivity index (χ1v) is 6.12. The van der Waals surface area contributed by atoms with Crippen LogP contribution in [0.4, 0.5) is 5.82 Å². The number of rotatable bonds is 6. The summed E-state index contributed by atoms with van der Waals surface area (Å²) in [7, 11) is 1.29. The molecule has 20 heavy (non-hydrogen) atoms. The lowest BCUT2D eigenvalue weighted by atomic mass is 10.3. The highest BCUT2D eigenvalue weighted by atomic mass is 16.5. The van der Waals surface area contributed by atoms with Crippen LogP contribution in [0.1, 0.15) is 10.6 Å². The van der Waals surface area contributed by atoms with Gasteiger partial charge in [0.1, 0.15) is 18.2 Å².